The molecule has 0 radical (unpaired) electrons. The van der Waals surface area contributed by atoms with Gasteiger partial charge in [0.1, 0.15) is 11.7 Å². The van der Waals surface area contributed by atoms with Gasteiger partial charge in [0.15, 0.2) is 0 Å². The van der Waals surface area contributed by atoms with Crippen molar-refractivity contribution in [3.05, 3.63) is 36.0 Å². The topological polar surface area (TPSA) is 139 Å². The van der Waals surface area contributed by atoms with E-state index in [1.54, 1.807) is 0 Å². The van der Waals surface area contributed by atoms with Gasteiger partial charge in [-0.2, -0.15) is 4.31 Å². The van der Waals surface area contributed by atoms with Gasteiger partial charge in [0.05, 0.1) is 25.2 Å². The molecule has 2 rings (SSSR count). The molecule has 0 amide bonds. The highest BCUT2D eigenvalue weighted by molar-refractivity contribution is 7.89. The Balaban J connectivity index is 2.36. The number of hydrogen-bond donors (Lipinski definition) is 2. The Morgan fingerprint density at radius 1 is 1.21 bits per heavy atom. The summed E-state index contributed by atoms with van der Waals surface area (Å²) in [5.41, 5.74) is -0.0641. The van der Waals surface area contributed by atoms with Crippen LogP contribution in [0.25, 0.3) is 0 Å². The van der Waals surface area contributed by atoms with Gasteiger partial charge in [-0.05, 0) is 37.5 Å². The Bertz CT molecular complexity index is 926. The smallest absolute Gasteiger partial charge is 0.354 e. The van der Waals surface area contributed by atoms with E-state index < -0.39 is 34.0 Å². The minimum Gasteiger partial charge on any atom is -0.480 e. The van der Waals surface area contributed by atoms with Crippen molar-refractivity contribution in [1.82, 2.24) is 4.31 Å². The number of carboxylic acid groups (broad SMARTS) is 1. The standard InChI is InChI=1S/C18H22N2O8S/c1-27-16(21)11-14(18(24)28-2)19-12-6-5-7-13(10-12)29(25,26)20-9-4-3-8-15(20)17(22)23/h5-7,10-11,15,19H,3-4,8-9H2,1-2H3,(H,22,23)/b14-11+. The van der Waals surface area contributed by atoms with Gasteiger partial charge in [-0.3, -0.25) is 4.79 Å². The Morgan fingerprint density at radius 3 is 2.55 bits per heavy atom. The third-order valence-electron chi connectivity index (χ3n) is 4.33. The van der Waals surface area contributed by atoms with E-state index in [1.165, 1.54) is 24.3 Å². The first kappa shape index (κ1) is 22.4. The molecule has 0 saturated carbocycles. The third-order valence-corrected chi connectivity index (χ3v) is 6.23. The molecule has 1 heterocycles. The zero-order chi connectivity index (χ0) is 21.6. The Kier molecular flexibility index (Phi) is 7.35. The van der Waals surface area contributed by atoms with Crippen LogP contribution in [0.5, 0.6) is 0 Å². The molecule has 2 N–H and O–H groups in total. The normalized spacial score (nSPS) is 18.0. The van der Waals surface area contributed by atoms with Crippen LogP contribution in [0.15, 0.2) is 40.9 Å². The predicted octanol–water partition coefficient (Wildman–Crippen LogP) is 0.956. The van der Waals surface area contributed by atoms with E-state index in [0.29, 0.717) is 12.8 Å². The van der Waals surface area contributed by atoms with Crippen LogP contribution in [0.3, 0.4) is 0 Å². The van der Waals surface area contributed by atoms with Crippen molar-refractivity contribution in [3.8, 4) is 0 Å². The van der Waals surface area contributed by atoms with Gasteiger partial charge in [-0.25, -0.2) is 18.0 Å². The van der Waals surface area contributed by atoms with Crippen LogP contribution in [0, 0.1) is 0 Å². The van der Waals surface area contributed by atoms with E-state index in [1.807, 2.05) is 0 Å². The average Bonchev–Trinajstić information content (AvgIpc) is 2.72. The van der Waals surface area contributed by atoms with Crippen molar-refractivity contribution < 1.29 is 37.4 Å². The van der Waals surface area contributed by atoms with Crippen LogP contribution in [-0.2, 0) is 33.9 Å². The van der Waals surface area contributed by atoms with Crippen LogP contribution in [0.4, 0.5) is 5.69 Å². The summed E-state index contributed by atoms with van der Waals surface area (Å²) >= 11 is 0. The Labute approximate surface area is 168 Å². The maximum absolute atomic E-state index is 13.0. The number of piperidine rings is 1. The molecule has 1 saturated heterocycles. The second kappa shape index (κ2) is 9.52. The van der Waals surface area contributed by atoms with Gasteiger partial charge >= 0.3 is 17.9 Å². The molecule has 158 valence electrons. The van der Waals surface area contributed by atoms with E-state index >= 15 is 0 Å². The van der Waals surface area contributed by atoms with Crippen molar-refractivity contribution in [2.24, 2.45) is 0 Å². The first-order valence-electron chi connectivity index (χ1n) is 8.70. The highest BCUT2D eigenvalue weighted by Crippen LogP contribution is 2.27. The summed E-state index contributed by atoms with van der Waals surface area (Å²) in [7, 11) is -1.82. The molecule has 10 nitrogen and oxygen atoms in total. The molecule has 29 heavy (non-hydrogen) atoms. The second-order valence-electron chi connectivity index (χ2n) is 6.19. The summed E-state index contributed by atoms with van der Waals surface area (Å²) in [6.45, 7) is 0.104. The number of carbonyl (C=O) groups excluding carboxylic acids is 2. The van der Waals surface area contributed by atoms with Crippen molar-refractivity contribution in [2.75, 3.05) is 26.1 Å². The molecule has 1 aliphatic heterocycles. The molecule has 0 bridgehead atoms. The van der Waals surface area contributed by atoms with Crippen LogP contribution in [0.1, 0.15) is 19.3 Å². The van der Waals surface area contributed by atoms with E-state index in [4.69, 9.17) is 0 Å². The van der Waals surface area contributed by atoms with Gasteiger partial charge in [0, 0.05) is 12.2 Å². The number of aliphatic carboxylic acids is 1. The van der Waals surface area contributed by atoms with Gasteiger partial charge in [0.25, 0.3) is 0 Å². The van der Waals surface area contributed by atoms with Crippen LogP contribution >= 0.6 is 0 Å². The zero-order valence-corrected chi connectivity index (χ0v) is 16.8. The number of esters is 2. The maximum atomic E-state index is 13.0. The monoisotopic (exact) mass is 426 g/mol. The lowest BCUT2D eigenvalue weighted by Crippen LogP contribution is -2.47. The Hall–Kier alpha value is -2.92. The maximum Gasteiger partial charge on any atom is 0.354 e. The SMILES string of the molecule is COC(=O)/C=C(/Nc1cccc(S(=O)(=O)N2CCCCC2C(=O)O)c1)C(=O)OC. The lowest BCUT2D eigenvalue weighted by Gasteiger charge is -2.31. The molecule has 0 aromatic heterocycles. The molecule has 1 aromatic rings. The van der Waals surface area contributed by atoms with Crippen LogP contribution < -0.4 is 5.32 Å². The lowest BCUT2D eigenvalue weighted by atomic mass is 10.1. The molecule has 1 unspecified atom stereocenters. The molecule has 1 aromatic carbocycles. The number of benzene rings is 1. The largest absolute Gasteiger partial charge is 0.480 e. The molecular weight excluding hydrogens is 404 g/mol. The fraction of sp³-hybridized carbons (Fsp3) is 0.389. The second-order valence-corrected chi connectivity index (χ2v) is 8.08. The lowest BCUT2D eigenvalue weighted by molar-refractivity contribution is -0.142. The van der Waals surface area contributed by atoms with Crippen LogP contribution in [0.2, 0.25) is 0 Å². The number of rotatable bonds is 7. The summed E-state index contributed by atoms with van der Waals surface area (Å²) in [5, 5.41) is 12.0. The molecule has 1 atom stereocenters. The number of nitrogens with one attached hydrogen (secondary N) is 1. The number of carbonyl (C=O) groups is 3. The number of carboxylic acids is 1. The minimum atomic E-state index is -4.08. The fourth-order valence-corrected chi connectivity index (χ4v) is 4.59. The molecule has 1 aliphatic rings. The number of hydrogen-bond acceptors (Lipinski definition) is 8. The van der Waals surface area contributed by atoms with E-state index in [9.17, 15) is 27.9 Å². The fourth-order valence-electron chi connectivity index (χ4n) is 2.90. The van der Waals surface area contributed by atoms with Crippen molar-refractivity contribution in [2.45, 2.75) is 30.2 Å². The van der Waals surface area contributed by atoms with Crippen LogP contribution in [-0.4, -0.2) is 62.5 Å². The third kappa shape index (κ3) is 5.33. The van der Waals surface area contributed by atoms with E-state index in [2.05, 4.69) is 14.8 Å². The van der Waals surface area contributed by atoms with Gasteiger partial charge < -0.3 is 19.9 Å². The average molecular weight is 426 g/mol. The van der Waals surface area contributed by atoms with Gasteiger partial charge in [-0.1, -0.05) is 6.07 Å². The molecule has 0 spiro atoms. The van der Waals surface area contributed by atoms with Crippen molar-refractivity contribution in [3.63, 3.8) is 0 Å². The highest BCUT2D eigenvalue weighted by atomic mass is 32.2. The quantitative estimate of drug-likeness (QED) is 0.482. The summed E-state index contributed by atoms with van der Waals surface area (Å²) in [6, 6.07) is 4.36. The summed E-state index contributed by atoms with van der Waals surface area (Å²) in [4.78, 5) is 34.7. The number of sulfonamides is 1. The van der Waals surface area contributed by atoms with Gasteiger partial charge in [-0.15, -0.1) is 0 Å². The summed E-state index contributed by atoms with van der Waals surface area (Å²) < 4.78 is 36.1. The van der Waals surface area contributed by atoms with E-state index in [-0.39, 0.29) is 29.2 Å². The number of methoxy groups -OCH3 is 2. The highest BCUT2D eigenvalue weighted by Gasteiger charge is 2.37. The number of ether oxygens (including phenoxy) is 2. The Morgan fingerprint density at radius 2 is 1.93 bits per heavy atom. The summed E-state index contributed by atoms with van der Waals surface area (Å²) in [6.07, 6.45) is 2.31. The number of anilines is 1. The molecular formula is C18H22N2O8S. The molecule has 11 heteroatoms. The first-order chi connectivity index (χ1) is 13.7. The van der Waals surface area contributed by atoms with Crippen molar-refractivity contribution in [1.29, 1.82) is 0 Å². The minimum absolute atomic E-state index is 0.104. The van der Waals surface area contributed by atoms with Crippen molar-refractivity contribution >= 4 is 33.6 Å². The zero-order valence-electron chi connectivity index (χ0n) is 16.0. The summed E-state index contributed by atoms with van der Waals surface area (Å²) in [5.74, 6) is -2.86. The number of nitrogens with zero attached hydrogens (tertiary/aromatic N) is 1. The van der Waals surface area contributed by atoms with Gasteiger partial charge in [0.2, 0.25) is 10.0 Å². The molecule has 1 fully saturated rings. The first-order valence-corrected chi connectivity index (χ1v) is 10.1. The predicted molar refractivity (Wildman–Crippen MR) is 101 cm³/mol. The molecule has 0 aliphatic carbocycles. The van der Waals surface area contributed by atoms with E-state index in [0.717, 1.165) is 24.6 Å².